The van der Waals surface area contributed by atoms with Crippen LogP contribution in [-0.2, 0) is 16.4 Å². The third-order valence-corrected chi connectivity index (χ3v) is 8.69. The number of aromatic nitrogens is 4. The number of nitro benzene ring substituents is 1. The van der Waals surface area contributed by atoms with Crippen LogP contribution >= 0.6 is 11.5 Å². The Morgan fingerprint density at radius 1 is 1.00 bits per heavy atom. The fourth-order valence-corrected chi connectivity index (χ4v) is 6.33. The van der Waals surface area contributed by atoms with Crippen molar-refractivity contribution in [1.29, 1.82) is 0 Å². The number of hydrogen-bond acceptors (Lipinski definition) is 9. The number of rotatable bonds is 7. The van der Waals surface area contributed by atoms with Crippen molar-refractivity contribution in [2.45, 2.75) is 17.7 Å². The van der Waals surface area contributed by atoms with E-state index in [-0.39, 0.29) is 17.0 Å². The molecular weight excluding hydrogens is 502 g/mol. The largest absolute Gasteiger partial charge is 0.345 e. The standard InChI is InChI=1S/C23H23N7O4S2/c31-30(32)21-6-2-1-5-18(21)17-22-25-23(35-26-22)27-12-4-13-28(16-15-27)36(33,34)20-9-7-19(8-10-20)29-14-3-11-24-29/h1-3,5-11,14H,4,12-13,15-17H2. The molecule has 13 heteroatoms. The van der Waals surface area contributed by atoms with Gasteiger partial charge in [-0.2, -0.15) is 13.8 Å². The highest BCUT2D eigenvalue weighted by atomic mass is 32.2. The Kier molecular flexibility index (Phi) is 6.76. The van der Waals surface area contributed by atoms with Gasteiger partial charge in [0.25, 0.3) is 5.69 Å². The van der Waals surface area contributed by atoms with Crippen molar-refractivity contribution in [2.24, 2.45) is 0 Å². The monoisotopic (exact) mass is 525 g/mol. The second-order valence-corrected chi connectivity index (χ2v) is 10.9. The molecule has 0 N–H and O–H groups in total. The van der Waals surface area contributed by atoms with Gasteiger partial charge in [0.1, 0.15) is 5.82 Å². The summed E-state index contributed by atoms with van der Waals surface area (Å²) in [6, 6.07) is 15.1. The van der Waals surface area contributed by atoms with Crippen LogP contribution in [0.4, 0.5) is 10.8 Å². The van der Waals surface area contributed by atoms with Crippen molar-refractivity contribution in [2.75, 3.05) is 31.1 Å². The first-order chi connectivity index (χ1) is 17.4. The predicted octanol–water partition coefficient (Wildman–Crippen LogP) is 3.12. The van der Waals surface area contributed by atoms with Gasteiger partial charge in [0.15, 0.2) is 0 Å². The molecule has 3 heterocycles. The zero-order valence-electron chi connectivity index (χ0n) is 19.2. The first-order valence-electron chi connectivity index (χ1n) is 11.3. The molecule has 0 aliphatic carbocycles. The van der Waals surface area contributed by atoms with Gasteiger partial charge in [0, 0.05) is 68.2 Å². The molecule has 2 aromatic heterocycles. The smallest absolute Gasteiger partial charge is 0.273 e. The van der Waals surface area contributed by atoms with E-state index in [0.29, 0.717) is 49.1 Å². The number of benzene rings is 2. The molecule has 5 rings (SSSR count). The Labute approximate surface area is 212 Å². The molecule has 0 radical (unpaired) electrons. The minimum Gasteiger partial charge on any atom is -0.345 e. The topological polar surface area (TPSA) is 127 Å². The molecule has 0 bridgehead atoms. The molecule has 1 saturated heterocycles. The fourth-order valence-electron chi connectivity index (χ4n) is 4.12. The van der Waals surface area contributed by atoms with E-state index < -0.39 is 14.9 Å². The Bertz CT molecular complexity index is 1450. The lowest BCUT2D eigenvalue weighted by atomic mass is 10.1. The van der Waals surface area contributed by atoms with Gasteiger partial charge in [-0.1, -0.05) is 18.2 Å². The number of nitrogens with zero attached hydrogens (tertiary/aromatic N) is 7. The second-order valence-electron chi connectivity index (χ2n) is 8.24. The van der Waals surface area contributed by atoms with Crippen LogP contribution in [-0.4, -0.2) is 63.0 Å². The zero-order valence-corrected chi connectivity index (χ0v) is 20.8. The quantitative estimate of drug-likeness (QED) is 0.266. The summed E-state index contributed by atoms with van der Waals surface area (Å²) in [4.78, 5) is 17.7. The highest BCUT2D eigenvalue weighted by molar-refractivity contribution is 7.89. The summed E-state index contributed by atoms with van der Waals surface area (Å²) in [7, 11) is -3.64. The van der Waals surface area contributed by atoms with Crippen LogP contribution in [0.25, 0.3) is 5.69 Å². The Morgan fingerprint density at radius 2 is 1.81 bits per heavy atom. The highest BCUT2D eigenvalue weighted by Gasteiger charge is 2.28. The molecule has 0 spiro atoms. The summed E-state index contributed by atoms with van der Waals surface area (Å²) in [5.41, 5.74) is 1.38. The Morgan fingerprint density at radius 3 is 2.56 bits per heavy atom. The van der Waals surface area contributed by atoms with Gasteiger partial charge in [-0.3, -0.25) is 10.1 Å². The maximum Gasteiger partial charge on any atom is 0.273 e. The molecular formula is C23H23N7O4S2. The van der Waals surface area contributed by atoms with E-state index in [4.69, 9.17) is 0 Å². The van der Waals surface area contributed by atoms with Crippen LogP contribution in [0.3, 0.4) is 0 Å². The SMILES string of the molecule is O=[N+]([O-])c1ccccc1Cc1nsc(N2CCCN(S(=O)(=O)c3ccc(-n4cccn4)cc3)CC2)n1. The average Bonchev–Trinajstić information content (AvgIpc) is 3.52. The molecule has 186 valence electrons. The Hall–Kier alpha value is -3.68. The molecule has 1 aliphatic rings. The third-order valence-electron chi connectivity index (χ3n) is 5.96. The van der Waals surface area contributed by atoms with E-state index >= 15 is 0 Å². The van der Waals surface area contributed by atoms with Crippen molar-refractivity contribution in [3.63, 3.8) is 0 Å². The first kappa shape index (κ1) is 24.0. The van der Waals surface area contributed by atoms with Crippen molar-refractivity contribution >= 4 is 32.4 Å². The van der Waals surface area contributed by atoms with Gasteiger partial charge in [-0.05, 0) is 36.8 Å². The first-order valence-corrected chi connectivity index (χ1v) is 13.5. The normalized spacial score (nSPS) is 15.1. The lowest BCUT2D eigenvalue weighted by Gasteiger charge is -2.21. The van der Waals surface area contributed by atoms with E-state index in [1.54, 1.807) is 65.6 Å². The van der Waals surface area contributed by atoms with E-state index in [9.17, 15) is 18.5 Å². The molecule has 36 heavy (non-hydrogen) atoms. The summed E-state index contributed by atoms with van der Waals surface area (Å²) < 4.78 is 34.1. The van der Waals surface area contributed by atoms with E-state index in [1.165, 1.54) is 21.9 Å². The number of hydrogen-bond donors (Lipinski definition) is 0. The molecule has 0 amide bonds. The zero-order chi connectivity index (χ0) is 25.1. The molecule has 0 atom stereocenters. The minimum atomic E-state index is -3.64. The van der Waals surface area contributed by atoms with Crippen molar-refractivity contribution in [3.8, 4) is 5.69 Å². The van der Waals surface area contributed by atoms with Crippen molar-refractivity contribution in [1.82, 2.24) is 23.4 Å². The maximum atomic E-state index is 13.3. The van der Waals surface area contributed by atoms with Crippen LogP contribution < -0.4 is 4.90 Å². The lowest BCUT2D eigenvalue weighted by molar-refractivity contribution is -0.385. The second kappa shape index (κ2) is 10.1. The maximum absolute atomic E-state index is 13.3. The Balaban J connectivity index is 1.26. The van der Waals surface area contributed by atoms with Crippen LogP contribution in [0.5, 0.6) is 0 Å². The van der Waals surface area contributed by atoms with Crippen molar-refractivity contribution < 1.29 is 13.3 Å². The third kappa shape index (κ3) is 4.98. The van der Waals surface area contributed by atoms with Crippen LogP contribution in [0.2, 0.25) is 0 Å². The lowest BCUT2D eigenvalue weighted by Crippen LogP contribution is -2.35. The van der Waals surface area contributed by atoms with Crippen LogP contribution in [0, 0.1) is 10.1 Å². The molecule has 0 unspecified atom stereocenters. The predicted molar refractivity (Wildman–Crippen MR) is 135 cm³/mol. The number of sulfonamides is 1. The minimum absolute atomic E-state index is 0.0436. The van der Waals surface area contributed by atoms with E-state index in [2.05, 4.69) is 14.5 Å². The molecule has 4 aromatic rings. The summed E-state index contributed by atoms with van der Waals surface area (Å²) in [5, 5.41) is 16.1. The van der Waals surface area contributed by atoms with E-state index in [1.807, 2.05) is 4.90 Å². The van der Waals surface area contributed by atoms with Gasteiger partial charge in [0.05, 0.1) is 15.5 Å². The average molecular weight is 526 g/mol. The van der Waals surface area contributed by atoms with Crippen LogP contribution in [0.1, 0.15) is 17.8 Å². The summed E-state index contributed by atoms with van der Waals surface area (Å²) in [6.45, 7) is 1.85. The number of anilines is 1. The number of nitro groups is 1. The van der Waals surface area contributed by atoms with Crippen molar-refractivity contribution in [3.05, 3.63) is 88.5 Å². The fraction of sp³-hybridized carbons (Fsp3) is 0.261. The molecule has 11 nitrogen and oxygen atoms in total. The summed E-state index contributed by atoms with van der Waals surface area (Å²) >= 11 is 1.22. The highest BCUT2D eigenvalue weighted by Crippen LogP contribution is 2.25. The van der Waals surface area contributed by atoms with Gasteiger partial charge in [0.2, 0.25) is 15.2 Å². The molecule has 1 fully saturated rings. The van der Waals surface area contributed by atoms with Gasteiger partial charge in [-0.25, -0.2) is 18.1 Å². The van der Waals surface area contributed by atoms with Gasteiger partial charge >= 0.3 is 0 Å². The van der Waals surface area contributed by atoms with Gasteiger partial charge in [-0.15, -0.1) is 0 Å². The van der Waals surface area contributed by atoms with Crippen LogP contribution in [0.15, 0.2) is 71.9 Å². The summed E-state index contributed by atoms with van der Waals surface area (Å²) in [5.74, 6) is 0.510. The molecule has 0 saturated carbocycles. The van der Waals surface area contributed by atoms with E-state index in [0.717, 1.165) is 5.69 Å². The number of para-hydroxylation sites is 1. The van der Waals surface area contributed by atoms with Gasteiger partial charge < -0.3 is 4.90 Å². The summed E-state index contributed by atoms with van der Waals surface area (Å²) in [6.07, 6.45) is 4.37. The molecule has 2 aromatic carbocycles. The molecule has 1 aliphatic heterocycles.